The zero-order valence-corrected chi connectivity index (χ0v) is 4.45. The molecule has 0 atom stereocenters. The molecule has 0 unspecified atom stereocenters. The molecule has 35 valence electrons. The molecule has 0 fully saturated rings. The third-order valence-electron chi connectivity index (χ3n) is 0. The molecule has 2 N–H and O–H groups in total. The summed E-state index contributed by atoms with van der Waals surface area (Å²) in [5, 5.41) is 0. The van der Waals surface area contributed by atoms with Gasteiger partial charge in [0, 0.05) is 0 Å². The van der Waals surface area contributed by atoms with Crippen LogP contribution < -0.4 is 0 Å². The van der Waals surface area contributed by atoms with Crippen LogP contribution in [0.4, 0.5) is 0 Å². The molecule has 0 saturated carbocycles. The summed E-state index contributed by atoms with van der Waals surface area (Å²) >= 11 is -4.08. The van der Waals surface area contributed by atoms with E-state index in [1.165, 1.54) is 0 Å². The van der Waals surface area contributed by atoms with Crippen molar-refractivity contribution in [2.75, 3.05) is 0 Å². The first-order chi connectivity index (χ1) is 1.73. The molecular weight excluding hydrogens is 256 g/mol. The second-order valence-corrected chi connectivity index (χ2v) is 1.36. The van der Waals surface area contributed by atoms with Crippen LogP contribution in [0, 0.1) is 0 Å². The molecule has 0 spiro atoms. The van der Waals surface area contributed by atoms with Crippen molar-refractivity contribution in [2.24, 2.45) is 0 Å². The normalized spacial score (nSPS) is 6.60. The number of hydrogen-bond donors (Lipinski definition) is 0. The van der Waals surface area contributed by atoms with E-state index in [2.05, 4.69) is 0 Å². The SMILES string of the molecule is O.[O]=[Ir](=[O])=[O]. The fraction of sp³-hybridized carbons (Fsp3) is 0. The van der Waals surface area contributed by atoms with E-state index < -0.39 is 16.4 Å². The monoisotopic (exact) mass is 259 g/mol. The van der Waals surface area contributed by atoms with Crippen LogP contribution in [-0.2, 0) is 26.9 Å². The van der Waals surface area contributed by atoms with E-state index in [9.17, 15) is 0 Å². The molecule has 0 aliphatic heterocycles. The van der Waals surface area contributed by atoms with Crippen LogP contribution in [0.1, 0.15) is 0 Å². The van der Waals surface area contributed by atoms with Gasteiger partial charge in [-0.15, -0.1) is 0 Å². The summed E-state index contributed by atoms with van der Waals surface area (Å²) in [5.41, 5.74) is 0. The quantitative estimate of drug-likeness (QED) is 0.548. The summed E-state index contributed by atoms with van der Waals surface area (Å²) in [5.74, 6) is 0. The van der Waals surface area contributed by atoms with Crippen molar-refractivity contribution < 1.29 is 32.3 Å². The fourth-order valence-corrected chi connectivity index (χ4v) is 0. The molecule has 5 heavy (non-hydrogen) atoms. The third kappa shape index (κ3) is 185000. The summed E-state index contributed by atoms with van der Waals surface area (Å²) in [6, 6.07) is 0. The van der Waals surface area contributed by atoms with Crippen LogP contribution in [-0.4, -0.2) is 5.48 Å². The zero-order chi connectivity index (χ0) is 3.58. The predicted molar refractivity (Wildman–Crippen MR) is 5.67 cm³/mol. The molecule has 0 aliphatic carbocycles. The minimum atomic E-state index is -4.08. The van der Waals surface area contributed by atoms with E-state index in [-0.39, 0.29) is 5.48 Å². The maximum atomic E-state index is 8.58. The Kier molecular flexibility index (Phi) is 7.13. The van der Waals surface area contributed by atoms with Gasteiger partial charge in [-0.3, -0.25) is 0 Å². The van der Waals surface area contributed by atoms with Crippen molar-refractivity contribution in [3.05, 3.63) is 0 Å². The summed E-state index contributed by atoms with van der Waals surface area (Å²) in [6.07, 6.45) is 0. The Bertz CT molecular complexity index is 73.0. The predicted octanol–water partition coefficient (Wildman–Crippen LogP) is -1.18. The van der Waals surface area contributed by atoms with Crippen molar-refractivity contribution in [1.82, 2.24) is 0 Å². The summed E-state index contributed by atoms with van der Waals surface area (Å²) < 4.78 is 25.8. The molecular formula is H2IrO4. The molecule has 5 heteroatoms. The molecule has 0 radical (unpaired) electrons. The van der Waals surface area contributed by atoms with Crippen molar-refractivity contribution in [1.29, 1.82) is 0 Å². The van der Waals surface area contributed by atoms with Crippen molar-refractivity contribution >= 4 is 0 Å². The van der Waals surface area contributed by atoms with E-state index in [1.807, 2.05) is 0 Å². The molecule has 0 bridgehead atoms. The molecule has 0 aromatic heterocycles. The Hall–Kier alpha value is 0.00935. The fourth-order valence-electron chi connectivity index (χ4n) is 0. The van der Waals surface area contributed by atoms with Crippen molar-refractivity contribution in [2.45, 2.75) is 0 Å². The Morgan fingerprint density at radius 3 is 1.00 bits per heavy atom. The van der Waals surface area contributed by atoms with Crippen molar-refractivity contribution in [3.8, 4) is 0 Å². The molecule has 0 rings (SSSR count). The van der Waals surface area contributed by atoms with E-state index in [0.29, 0.717) is 0 Å². The van der Waals surface area contributed by atoms with Crippen LogP contribution in [0.15, 0.2) is 0 Å². The maximum absolute atomic E-state index is 8.58. The summed E-state index contributed by atoms with van der Waals surface area (Å²) in [6.45, 7) is 0. The van der Waals surface area contributed by atoms with Gasteiger partial charge in [0.05, 0.1) is 0 Å². The minimum absolute atomic E-state index is 0. The first-order valence-corrected chi connectivity index (χ1v) is 3.34. The first kappa shape index (κ1) is 8.89. The molecule has 0 heterocycles. The van der Waals surface area contributed by atoms with Gasteiger partial charge in [-0.05, 0) is 0 Å². The Balaban J connectivity index is 0. The number of hydrogen-bond acceptors (Lipinski definition) is 3. The molecule has 0 aliphatic rings. The first-order valence-electron chi connectivity index (χ1n) is 0.408. The van der Waals surface area contributed by atoms with Crippen LogP contribution in [0.2, 0.25) is 0 Å². The van der Waals surface area contributed by atoms with Gasteiger partial charge in [-0.25, -0.2) is 0 Å². The summed E-state index contributed by atoms with van der Waals surface area (Å²) in [7, 11) is 0. The van der Waals surface area contributed by atoms with Crippen LogP contribution in [0.25, 0.3) is 0 Å². The van der Waals surface area contributed by atoms with Crippen LogP contribution >= 0.6 is 0 Å². The van der Waals surface area contributed by atoms with E-state index >= 15 is 0 Å². The van der Waals surface area contributed by atoms with Gasteiger partial charge >= 0.3 is 26.9 Å². The van der Waals surface area contributed by atoms with Gasteiger partial charge in [0.15, 0.2) is 0 Å². The molecule has 4 nitrogen and oxygen atoms in total. The van der Waals surface area contributed by atoms with Gasteiger partial charge in [0.1, 0.15) is 0 Å². The molecule has 0 saturated heterocycles. The number of rotatable bonds is 0. The van der Waals surface area contributed by atoms with Gasteiger partial charge in [-0.1, -0.05) is 0 Å². The van der Waals surface area contributed by atoms with Gasteiger partial charge in [0.25, 0.3) is 0 Å². The molecule has 0 aromatic rings. The standard InChI is InChI=1S/Ir.H2O.3O/h;1H2;;;. The Morgan fingerprint density at radius 2 is 1.00 bits per heavy atom. The van der Waals surface area contributed by atoms with Crippen LogP contribution in [0.3, 0.4) is 0 Å². The Morgan fingerprint density at radius 1 is 1.00 bits per heavy atom. The van der Waals surface area contributed by atoms with Gasteiger partial charge in [-0.2, -0.15) is 0 Å². The average molecular weight is 258 g/mol. The van der Waals surface area contributed by atoms with E-state index in [0.717, 1.165) is 0 Å². The second-order valence-electron chi connectivity index (χ2n) is 0.167. The van der Waals surface area contributed by atoms with Gasteiger partial charge < -0.3 is 5.48 Å². The Labute approximate surface area is 33.1 Å². The third-order valence-corrected chi connectivity index (χ3v) is 0. The average Bonchev–Trinajstić information content (AvgIpc) is 0.811. The molecule has 0 amide bonds. The molecule has 0 aromatic carbocycles. The van der Waals surface area contributed by atoms with E-state index in [4.69, 9.17) is 10.5 Å². The van der Waals surface area contributed by atoms with E-state index in [1.54, 1.807) is 0 Å². The van der Waals surface area contributed by atoms with Gasteiger partial charge in [0.2, 0.25) is 0 Å². The zero-order valence-electron chi connectivity index (χ0n) is 2.06. The topological polar surface area (TPSA) is 82.7 Å². The van der Waals surface area contributed by atoms with Crippen molar-refractivity contribution in [3.63, 3.8) is 0 Å². The summed E-state index contributed by atoms with van der Waals surface area (Å²) in [4.78, 5) is 0. The second kappa shape index (κ2) is 4.01. The van der Waals surface area contributed by atoms with Crippen LogP contribution in [0.5, 0.6) is 0 Å².